The average Bonchev–Trinajstić information content (AvgIpc) is 2.87. The van der Waals surface area contributed by atoms with Crippen molar-refractivity contribution < 1.29 is 4.79 Å². The summed E-state index contributed by atoms with van der Waals surface area (Å²) >= 11 is 1.53. The molecule has 21 heavy (non-hydrogen) atoms. The molecule has 3 rings (SSSR count). The van der Waals surface area contributed by atoms with Gasteiger partial charge in [-0.25, -0.2) is 4.98 Å². The quantitative estimate of drug-likeness (QED) is 0.814. The second-order valence-corrected chi connectivity index (χ2v) is 6.18. The lowest BCUT2D eigenvalue weighted by Crippen LogP contribution is -2.59. The lowest BCUT2D eigenvalue weighted by atomic mass is 10.1. The monoisotopic (exact) mass is 302 g/mol. The fourth-order valence-electron chi connectivity index (χ4n) is 2.28. The van der Waals surface area contributed by atoms with Crippen LogP contribution in [0.3, 0.4) is 0 Å². The van der Waals surface area contributed by atoms with Crippen LogP contribution in [0, 0.1) is 6.92 Å². The molecule has 1 aliphatic rings. The van der Waals surface area contributed by atoms with Gasteiger partial charge in [0.2, 0.25) is 5.91 Å². The number of carbonyl (C=O) groups is 1. The van der Waals surface area contributed by atoms with Gasteiger partial charge in [0.15, 0.2) is 11.4 Å². The van der Waals surface area contributed by atoms with Crippen LogP contribution in [0.15, 0.2) is 29.6 Å². The van der Waals surface area contributed by atoms with Gasteiger partial charge in [-0.15, -0.1) is 11.3 Å². The van der Waals surface area contributed by atoms with E-state index in [1.54, 1.807) is 0 Å². The van der Waals surface area contributed by atoms with E-state index >= 15 is 0 Å². The Kier molecular flexibility index (Phi) is 3.90. The highest BCUT2D eigenvalue weighted by molar-refractivity contribution is 7.14. The predicted octanol–water partition coefficient (Wildman–Crippen LogP) is 2.31. The predicted molar refractivity (Wildman–Crippen MR) is 85.1 cm³/mol. The van der Waals surface area contributed by atoms with E-state index in [1.165, 1.54) is 16.9 Å². The van der Waals surface area contributed by atoms with Gasteiger partial charge in [0.05, 0.1) is 5.69 Å². The zero-order valence-electron chi connectivity index (χ0n) is 12.0. The molecule has 1 aromatic carbocycles. The first-order valence-electron chi connectivity index (χ1n) is 6.95. The molecule has 110 valence electrons. The number of nitrogens with one attached hydrogen (secondary N) is 3. The summed E-state index contributed by atoms with van der Waals surface area (Å²) in [5.74, 6) is 0.0501. The number of amides is 1. The molecule has 0 radical (unpaired) electrons. The van der Waals surface area contributed by atoms with E-state index in [0.717, 1.165) is 16.4 Å². The minimum Gasteiger partial charge on any atom is -0.329 e. The molecule has 1 amide bonds. The Morgan fingerprint density at radius 3 is 2.81 bits per heavy atom. The number of aryl methyl sites for hydroxylation is 1. The third-order valence-corrected chi connectivity index (χ3v) is 4.14. The minimum absolute atomic E-state index is 0.0501. The minimum atomic E-state index is -0.265. The van der Waals surface area contributed by atoms with Gasteiger partial charge in [0.25, 0.3) is 0 Å². The van der Waals surface area contributed by atoms with Crippen molar-refractivity contribution in [2.45, 2.75) is 32.6 Å². The molecule has 1 fully saturated rings. The number of thiazole rings is 1. The molecule has 2 heterocycles. The summed E-state index contributed by atoms with van der Waals surface area (Å²) < 4.78 is 0. The second-order valence-electron chi connectivity index (χ2n) is 5.32. The number of benzene rings is 1. The van der Waals surface area contributed by atoms with Crippen molar-refractivity contribution in [1.82, 2.24) is 15.6 Å². The van der Waals surface area contributed by atoms with Gasteiger partial charge in [0, 0.05) is 23.4 Å². The maximum Gasteiger partial charge on any atom is 0.224 e. The number of hydrogen-bond acceptors (Lipinski definition) is 5. The van der Waals surface area contributed by atoms with Crippen LogP contribution >= 0.6 is 11.3 Å². The standard InChI is InChI=1S/C15H18N4OS/c1-9-3-5-11(6-4-9)12-8-21-15(17-12)19-14-16-10(2)7-13(20)18-14/h3-6,8,10,14,16H,7H2,1-2H3,(H,17,19)(H,18,20). The van der Waals surface area contributed by atoms with E-state index in [1.807, 2.05) is 12.3 Å². The lowest BCUT2D eigenvalue weighted by Gasteiger charge is -2.29. The van der Waals surface area contributed by atoms with Crippen LogP contribution in [0.4, 0.5) is 5.13 Å². The molecular formula is C15H18N4OS. The molecule has 0 spiro atoms. The van der Waals surface area contributed by atoms with Crippen LogP contribution in [0.2, 0.25) is 0 Å². The summed E-state index contributed by atoms with van der Waals surface area (Å²) in [6.45, 7) is 4.06. The van der Waals surface area contributed by atoms with Crippen LogP contribution in [0.5, 0.6) is 0 Å². The molecule has 2 unspecified atom stereocenters. The highest BCUT2D eigenvalue weighted by Crippen LogP contribution is 2.25. The SMILES string of the molecule is Cc1ccc(-c2csc(NC3NC(=O)CC(C)N3)n2)cc1. The molecule has 1 aromatic heterocycles. The Balaban J connectivity index is 1.70. The number of carbonyl (C=O) groups excluding carboxylic acids is 1. The van der Waals surface area contributed by atoms with Crippen molar-refractivity contribution in [1.29, 1.82) is 0 Å². The van der Waals surface area contributed by atoms with E-state index in [9.17, 15) is 4.79 Å². The summed E-state index contributed by atoms with van der Waals surface area (Å²) in [6.07, 6.45) is 0.239. The molecule has 2 aromatic rings. The van der Waals surface area contributed by atoms with Gasteiger partial charge in [-0.1, -0.05) is 29.8 Å². The van der Waals surface area contributed by atoms with Crippen molar-refractivity contribution >= 4 is 22.4 Å². The highest BCUT2D eigenvalue weighted by atomic mass is 32.1. The Hall–Kier alpha value is -1.92. The largest absolute Gasteiger partial charge is 0.329 e. The Morgan fingerprint density at radius 1 is 1.33 bits per heavy atom. The van der Waals surface area contributed by atoms with Gasteiger partial charge < -0.3 is 10.6 Å². The summed E-state index contributed by atoms with van der Waals surface area (Å²) in [4.78, 5) is 16.1. The second kappa shape index (κ2) is 5.83. The zero-order chi connectivity index (χ0) is 14.8. The van der Waals surface area contributed by atoms with Crippen molar-refractivity contribution in [2.24, 2.45) is 0 Å². The van der Waals surface area contributed by atoms with Gasteiger partial charge >= 0.3 is 0 Å². The third kappa shape index (κ3) is 3.40. The fourth-order valence-corrected chi connectivity index (χ4v) is 3.03. The van der Waals surface area contributed by atoms with Crippen LogP contribution in [0.25, 0.3) is 11.3 Å². The number of nitrogens with zero attached hydrogens (tertiary/aromatic N) is 1. The first-order valence-corrected chi connectivity index (χ1v) is 7.82. The van der Waals surface area contributed by atoms with Crippen LogP contribution in [0.1, 0.15) is 18.9 Å². The van der Waals surface area contributed by atoms with E-state index in [0.29, 0.717) is 6.42 Å². The molecule has 1 aliphatic heterocycles. The highest BCUT2D eigenvalue weighted by Gasteiger charge is 2.23. The molecule has 6 heteroatoms. The Bertz CT molecular complexity index is 637. The normalized spacial score (nSPS) is 21.9. The number of hydrogen-bond donors (Lipinski definition) is 3. The number of anilines is 1. The van der Waals surface area contributed by atoms with E-state index in [-0.39, 0.29) is 18.2 Å². The van der Waals surface area contributed by atoms with E-state index in [4.69, 9.17) is 0 Å². The van der Waals surface area contributed by atoms with Gasteiger partial charge in [-0.3, -0.25) is 10.1 Å². The maximum absolute atomic E-state index is 11.5. The molecule has 0 bridgehead atoms. The summed E-state index contributed by atoms with van der Waals surface area (Å²) in [5, 5.41) is 12.1. The first kappa shape index (κ1) is 14.0. The number of aromatic nitrogens is 1. The Morgan fingerprint density at radius 2 is 2.10 bits per heavy atom. The summed E-state index contributed by atoms with van der Waals surface area (Å²) in [5.41, 5.74) is 3.27. The molecule has 0 saturated carbocycles. The van der Waals surface area contributed by atoms with Gasteiger partial charge in [-0.2, -0.15) is 0 Å². The Labute approximate surface area is 127 Å². The summed E-state index contributed by atoms with van der Waals surface area (Å²) in [7, 11) is 0. The molecule has 3 N–H and O–H groups in total. The molecule has 5 nitrogen and oxygen atoms in total. The molecule has 0 aliphatic carbocycles. The van der Waals surface area contributed by atoms with Crippen molar-refractivity contribution in [2.75, 3.05) is 5.32 Å². The average molecular weight is 302 g/mol. The van der Waals surface area contributed by atoms with Crippen LogP contribution < -0.4 is 16.0 Å². The number of rotatable bonds is 3. The zero-order valence-corrected chi connectivity index (χ0v) is 12.8. The van der Waals surface area contributed by atoms with Crippen LogP contribution in [-0.4, -0.2) is 23.2 Å². The third-order valence-electron chi connectivity index (χ3n) is 3.37. The van der Waals surface area contributed by atoms with Crippen molar-refractivity contribution in [3.63, 3.8) is 0 Å². The lowest BCUT2D eigenvalue weighted by molar-refractivity contribution is -0.123. The maximum atomic E-state index is 11.5. The molecular weight excluding hydrogens is 284 g/mol. The summed E-state index contributed by atoms with van der Waals surface area (Å²) in [6, 6.07) is 8.44. The van der Waals surface area contributed by atoms with Gasteiger partial charge in [0.1, 0.15) is 0 Å². The molecule has 1 saturated heterocycles. The van der Waals surface area contributed by atoms with Crippen molar-refractivity contribution in [3.8, 4) is 11.3 Å². The smallest absolute Gasteiger partial charge is 0.224 e. The van der Waals surface area contributed by atoms with Gasteiger partial charge in [-0.05, 0) is 13.8 Å². The van der Waals surface area contributed by atoms with E-state index < -0.39 is 0 Å². The van der Waals surface area contributed by atoms with Crippen LogP contribution in [-0.2, 0) is 4.79 Å². The van der Waals surface area contributed by atoms with E-state index in [2.05, 4.69) is 52.1 Å². The topological polar surface area (TPSA) is 66.0 Å². The van der Waals surface area contributed by atoms with Crippen molar-refractivity contribution in [3.05, 3.63) is 35.2 Å². The fraction of sp³-hybridized carbons (Fsp3) is 0.333. The molecule has 2 atom stereocenters. The first-order chi connectivity index (χ1) is 10.1.